The maximum atomic E-state index is 11.8. The SMILES string of the molecule is Cc1nc(C)c(CNC(=O)COc2ccccc2)nc1C. The van der Waals surface area contributed by atoms with Crippen LogP contribution >= 0.6 is 0 Å². The fourth-order valence-electron chi connectivity index (χ4n) is 1.83. The Morgan fingerprint density at radius 1 is 1.05 bits per heavy atom. The molecule has 0 saturated heterocycles. The molecule has 1 aromatic carbocycles. The van der Waals surface area contributed by atoms with Gasteiger partial charge >= 0.3 is 0 Å². The fraction of sp³-hybridized carbons (Fsp3) is 0.312. The van der Waals surface area contributed by atoms with E-state index < -0.39 is 0 Å². The van der Waals surface area contributed by atoms with E-state index in [0.717, 1.165) is 22.8 Å². The molecule has 1 heterocycles. The van der Waals surface area contributed by atoms with Crippen molar-refractivity contribution < 1.29 is 9.53 Å². The van der Waals surface area contributed by atoms with Crippen molar-refractivity contribution >= 4 is 5.91 Å². The molecule has 2 aromatic rings. The van der Waals surface area contributed by atoms with E-state index in [9.17, 15) is 4.79 Å². The van der Waals surface area contributed by atoms with Crippen molar-refractivity contribution in [2.24, 2.45) is 0 Å². The molecule has 0 spiro atoms. The van der Waals surface area contributed by atoms with E-state index in [4.69, 9.17) is 4.74 Å². The van der Waals surface area contributed by atoms with Gasteiger partial charge in [0.15, 0.2) is 6.61 Å². The lowest BCUT2D eigenvalue weighted by Gasteiger charge is -2.10. The summed E-state index contributed by atoms with van der Waals surface area (Å²) in [5, 5.41) is 2.79. The molecule has 21 heavy (non-hydrogen) atoms. The second-order valence-electron chi connectivity index (χ2n) is 4.80. The summed E-state index contributed by atoms with van der Waals surface area (Å²) in [4.78, 5) is 20.6. The molecule has 5 heteroatoms. The van der Waals surface area contributed by atoms with Gasteiger partial charge in [-0.25, -0.2) is 0 Å². The van der Waals surface area contributed by atoms with E-state index in [2.05, 4.69) is 15.3 Å². The Labute approximate surface area is 124 Å². The molecular formula is C16H19N3O2. The van der Waals surface area contributed by atoms with Crippen LogP contribution < -0.4 is 10.1 Å². The van der Waals surface area contributed by atoms with Crippen molar-refractivity contribution in [1.82, 2.24) is 15.3 Å². The molecule has 0 saturated carbocycles. The summed E-state index contributed by atoms with van der Waals surface area (Å²) < 4.78 is 5.38. The summed E-state index contributed by atoms with van der Waals surface area (Å²) in [6, 6.07) is 9.25. The minimum absolute atomic E-state index is 0.0126. The first-order valence-corrected chi connectivity index (χ1v) is 6.81. The number of carbonyl (C=O) groups excluding carboxylic acids is 1. The second kappa shape index (κ2) is 6.83. The third-order valence-electron chi connectivity index (χ3n) is 3.15. The molecule has 0 aliphatic carbocycles. The zero-order valence-corrected chi connectivity index (χ0v) is 12.5. The Balaban J connectivity index is 1.85. The van der Waals surface area contributed by atoms with E-state index in [-0.39, 0.29) is 12.5 Å². The number of nitrogens with zero attached hydrogens (tertiary/aromatic N) is 2. The molecule has 0 unspecified atom stereocenters. The van der Waals surface area contributed by atoms with Crippen molar-refractivity contribution in [3.63, 3.8) is 0 Å². The van der Waals surface area contributed by atoms with Crippen molar-refractivity contribution in [3.8, 4) is 5.75 Å². The molecule has 0 atom stereocenters. The predicted molar refractivity (Wildman–Crippen MR) is 80.0 cm³/mol. The number of hydrogen-bond donors (Lipinski definition) is 1. The molecule has 0 aliphatic rings. The summed E-state index contributed by atoms with van der Waals surface area (Å²) in [6.07, 6.45) is 0. The van der Waals surface area contributed by atoms with E-state index >= 15 is 0 Å². The maximum Gasteiger partial charge on any atom is 0.258 e. The highest BCUT2D eigenvalue weighted by atomic mass is 16.5. The van der Waals surface area contributed by atoms with Gasteiger partial charge in [0.05, 0.1) is 29.3 Å². The van der Waals surface area contributed by atoms with Gasteiger partial charge in [0.2, 0.25) is 0 Å². The number of ether oxygens (including phenoxy) is 1. The van der Waals surface area contributed by atoms with Crippen LogP contribution in [0.2, 0.25) is 0 Å². The van der Waals surface area contributed by atoms with Gasteiger partial charge in [-0.2, -0.15) is 0 Å². The average molecular weight is 285 g/mol. The van der Waals surface area contributed by atoms with E-state index in [1.807, 2.05) is 51.1 Å². The van der Waals surface area contributed by atoms with E-state index in [1.54, 1.807) is 0 Å². The standard InChI is InChI=1S/C16H19N3O2/c1-11-12(2)19-15(13(3)18-11)9-17-16(20)10-21-14-7-5-4-6-8-14/h4-8H,9-10H2,1-3H3,(H,17,20). The number of aromatic nitrogens is 2. The highest BCUT2D eigenvalue weighted by Gasteiger charge is 2.08. The molecule has 0 radical (unpaired) electrons. The second-order valence-corrected chi connectivity index (χ2v) is 4.80. The predicted octanol–water partition coefficient (Wildman–Crippen LogP) is 2.10. The average Bonchev–Trinajstić information content (AvgIpc) is 2.48. The van der Waals surface area contributed by atoms with Crippen molar-refractivity contribution in [2.75, 3.05) is 6.61 Å². The summed E-state index contributed by atoms with van der Waals surface area (Å²) in [5.74, 6) is 0.494. The molecule has 0 fully saturated rings. The Bertz CT molecular complexity index is 627. The van der Waals surface area contributed by atoms with Crippen LogP contribution in [0.15, 0.2) is 30.3 Å². The lowest BCUT2D eigenvalue weighted by molar-refractivity contribution is -0.123. The van der Waals surface area contributed by atoms with Crippen LogP contribution in [-0.2, 0) is 11.3 Å². The monoisotopic (exact) mass is 285 g/mol. The van der Waals surface area contributed by atoms with Gasteiger partial charge < -0.3 is 10.1 Å². The van der Waals surface area contributed by atoms with Gasteiger partial charge in [-0.05, 0) is 32.9 Å². The van der Waals surface area contributed by atoms with E-state index in [0.29, 0.717) is 12.3 Å². The first-order chi connectivity index (χ1) is 10.1. The minimum Gasteiger partial charge on any atom is -0.484 e. The number of rotatable bonds is 5. The molecule has 1 amide bonds. The molecule has 2 rings (SSSR count). The quantitative estimate of drug-likeness (QED) is 0.913. The summed E-state index contributed by atoms with van der Waals surface area (Å²) in [7, 11) is 0. The van der Waals surface area contributed by atoms with Crippen LogP contribution in [0.5, 0.6) is 5.75 Å². The number of aryl methyl sites for hydroxylation is 3. The number of nitrogens with one attached hydrogen (secondary N) is 1. The zero-order chi connectivity index (χ0) is 15.2. The van der Waals surface area contributed by atoms with Crippen LogP contribution in [0, 0.1) is 20.8 Å². The highest BCUT2D eigenvalue weighted by molar-refractivity contribution is 5.77. The molecule has 1 N–H and O–H groups in total. The van der Waals surface area contributed by atoms with Gasteiger partial charge in [0.1, 0.15) is 5.75 Å². The van der Waals surface area contributed by atoms with Crippen LogP contribution in [0.1, 0.15) is 22.8 Å². The molecular weight excluding hydrogens is 266 g/mol. The molecule has 0 aliphatic heterocycles. The summed E-state index contributed by atoms with van der Waals surface area (Å²) >= 11 is 0. The Morgan fingerprint density at radius 3 is 2.43 bits per heavy atom. The Kier molecular flexibility index (Phi) is 4.87. The van der Waals surface area contributed by atoms with Crippen LogP contribution in [0.3, 0.4) is 0 Å². The topological polar surface area (TPSA) is 64.1 Å². The van der Waals surface area contributed by atoms with Gasteiger partial charge in [-0.3, -0.25) is 14.8 Å². The van der Waals surface area contributed by atoms with E-state index in [1.165, 1.54) is 0 Å². The number of amides is 1. The Hall–Kier alpha value is -2.43. The normalized spacial score (nSPS) is 10.2. The van der Waals surface area contributed by atoms with Gasteiger partial charge in [0.25, 0.3) is 5.91 Å². The molecule has 0 bridgehead atoms. The fourth-order valence-corrected chi connectivity index (χ4v) is 1.83. The lowest BCUT2D eigenvalue weighted by atomic mass is 10.2. The number of para-hydroxylation sites is 1. The van der Waals surface area contributed by atoms with Crippen molar-refractivity contribution in [3.05, 3.63) is 53.1 Å². The first-order valence-electron chi connectivity index (χ1n) is 6.81. The largest absolute Gasteiger partial charge is 0.484 e. The van der Waals surface area contributed by atoms with Gasteiger partial charge in [-0.15, -0.1) is 0 Å². The smallest absolute Gasteiger partial charge is 0.258 e. The van der Waals surface area contributed by atoms with Crippen LogP contribution in [0.4, 0.5) is 0 Å². The van der Waals surface area contributed by atoms with Crippen LogP contribution in [-0.4, -0.2) is 22.5 Å². The highest BCUT2D eigenvalue weighted by Crippen LogP contribution is 2.08. The molecule has 5 nitrogen and oxygen atoms in total. The number of carbonyl (C=O) groups is 1. The number of hydrogen-bond acceptors (Lipinski definition) is 4. The molecule has 1 aromatic heterocycles. The molecule has 110 valence electrons. The number of benzene rings is 1. The third-order valence-corrected chi connectivity index (χ3v) is 3.15. The van der Waals surface area contributed by atoms with Crippen molar-refractivity contribution in [1.29, 1.82) is 0 Å². The van der Waals surface area contributed by atoms with Crippen molar-refractivity contribution in [2.45, 2.75) is 27.3 Å². The van der Waals surface area contributed by atoms with Gasteiger partial charge in [-0.1, -0.05) is 18.2 Å². The summed E-state index contributed by atoms with van der Waals surface area (Å²) in [6.45, 7) is 6.07. The third kappa shape index (κ3) is 4.27. The maximum absolute atomic E-state index is 11.8. The first kappa shape index (κ1) is 15.0. The Morgan fingerprint density at radius 2 is 1.71 bits per heavy atom. The zero-order valence-electron chi connectivity index (χ0n) is 12.5. The minimum atomic E-state index is -0.182. The lowest BCUT2D eigenvalue weighted by Crippen LogP contribution is -2.29. The van der Waals surface area contributed by atoms with Crippen LogP contribution in [0.25, 0.3) is 0 Å². The summed E-state index contributed by atoms with van der Waals surface area (Å²) in [5.41, 5.74) is 3.41. The van der Waals surface area contributed by atoms with Gasteiger partial charge in [0, 0.05) is 0 Å².